The van der Waals surface area contributed by atoms with Crippen LogP contribution in [0.3, 0.4) is 0 Å². The molecule has 0 aliphatic heterocycles. The molecule has 0 spiro atoms. The average molecular weight is 397 g/mol. The highest BCUT2D eigenvalue weighted by atomic mass is 14.4. The number of rotatable bonds is 14. The van der Waals surface area contributed by atoms with Gasteiger partial charge in [0.15, 0.2) is 0 Å². The van der Waals surface area contributed by atoms with Gasteiger partial charge in [-0.2, -0.15) is 0 Å². The molecule has 0 N–H and O–H groups in total. The zero-order valence-electron chi connectivity index (χ0n) is 19.9. The van der Waals surface area contributed by atoms with Crippen LogP contribution in [0.5, 0.6) is 0 Å². The second kappa shape index (κ2) is 14.1. The predicted molar refractivity (Wildman–Crippen MR) is 130 cm³/mol. The topological polar surface area (TPSA) is 0 Å². The average Bonchev–Trinajstić information content (AvgIpc) is 2.99. The summed E-state index contributed by atoms with van der Waals surface area (Å²) in [5.74, 6) is 4.63. The van der Waals surface area contributed by atoms with Crippen LogP contribution in [0, 0.1) is 29.6 Å². The van der Waals surface area contributed by atoms with E-state index in [1.165, 1.54) is 82.6 Å². The van der Waals surface area contributed by atoms with Crippen LogP contribution < -0.4 is 0 Å². The van der Waals surface area contributed by atoms with Crippen LogP contribution in [0.4, 0.5) is 0 Å². The summed E-state index contributed by atoms with van der Waals surface area (Å²) in [4.78, 5) is 0. The first-order valence-corrected chi connectivity index (χ1v) is 12.8. The van der Waals surface area contributed by atoms with Gasteiger partial charge in [0.2, 0.25) is 0 Å². The fraction of sp³-hybridized carbons (Fsp3) is 0.724. The molecule has 0 heteroatoms. The summed E-state index contributed by atoms with van der Waals surface area (Å²) in [5.41, 5.74) is 1.50. The molecule has 2 rings (SSSR count). The van der Waals surface area contributed by atoms with Gasteiger partial charge in [-0.05, 0) is 73.7 Å². The van der Waals surface area contributed by atoms with Gasteiger partial charge in [0, 0.05) is 0 Å². The smallest absolute Gasteiger partial charge is 0.0279 e. The Bertz CT molecular complexity index is 542. The Hall–Kier alpha value is -1.04. The first-order valence-electron chi connectivity index (χ1n) is 12.8. The van der Waals surface area contributed by atoms with Gasteiger partial charge in [0.25, 0.3) is 0 Å². The third-order valence-electron chi connectivity index (χ3n) is 7.55. The third-order valence-corrected chi connectivity index (χ3v) is 7.55. The molecule has 1 fully saturated rings. The van der Waals surface area contributed by atoms with Crippen molar-refractivity contribution in [3.63, 3.8) is 0 Å². The summed E-state index contributed by atoms with van der Waals surface area (Å²) in [6.45, 7) is 9.82. The molecular formula is C29H48. The molecule has 0 radical (unpaired) electrons. The van der Waals surface area contributed by atoms with Crippen LogP contribution >= 0.6 is 0 Å². The third kappa shape index (κ3) is 9.10. The second-order valence-corrected chi connectivity index (χ2v) is 10.1. The van der Waals surface area contributed by atoms with Gasteiger partial charge in [0.05, 0.1) is 0 Å². The maximum absolute atomic E-state index is 2.52. The van der Waals surface area contributed by atoms with Crippen LogP contribution in [-0.4, -0.2) is 0 Å². The Balaban J connectivity index is 1.63. The largest absolute Gasteiger partial charge is 0.0885 e. The fourth-order valence-electron chi connectivity index (χ4n) is 5.64. The van der Waals surface area contributed by atoms with Crippen molar-refractivity contribution >= 4 is 0 Å². The van der Waals surface area contributed by atoms with E-state index in [0.29, 0.717) is 0 Å². The highest BCUT2D eigenvalue weighted by Crippen LogP contribution is 2.46. The van der Waals surface area contributed by atoms with E-state index in [9.17, 15) is 0 Å². The van der Waals surface area contributed by atoms with Crippen molar-refractivity contribution in [2.45, 2.75) is 105 Å². The van der Waals surface area contributed by atoms with Crippen molar-refractivity contribution in [1.82, 2.24) is 0 Å². The number of hydrogen-bond donors (Lipinski definition) is 0. The molecule has 0 bridgehead atoms. The molecule has 5 atom stereocenters. The van der Waals surface area contributed by atoms with Crippen LogP contribution in [0.1, 0.15) is 104 Å². The highest BCUT2D eigenvalue weighted by Gasteiger charge is 2.37. The summed E-state index contributed by atoms with van der Waals surface area (Å²) in [7, 11) is 0. The normalized spacial score (nSPS) is 25.7. The van der Waals surface area contributed by atoms with Crippen molar-refractivity contribution in [1.29, 1.82) is 0 Å². The van der Waals surface area contributed by atoms with E-state index in [1.54, 1.807) is 0 Å². The SMILES string of the molecule is CCCC/C=C\C[C@@H]1[C@@H](CC[C@@H](C)CCCCCc2ccccc2)[C@H](C)C[C@@H]1C. The molecule has 1 aliphatic carbocycles. The predicted octanol–water partition coefficient (Wildman–Crippen LogP) is 9.25. The lowest BCUT2D eigenvalue weighted by Gasteiger charge is -2.25. The van der Waals surface area contributed by atoms with Crippen LogP contribution in [0.2, 0.25) is 0 Å². The van der Waals surface area contributed by atoms with Gasteiger partial charge in [-0.1, -0.05) is 109 Å². The number of allylic oxidation sites excluding steroid dienone is 2. The minimum Gasteiger partial charge on any atom is -0.0885 e. The van der Waals surface area contributed by atoms with E-state index < -0.39 is 0 Å². The molecule has 1 saturated carbocycles. The number of unbranched alkanes of at least 4 members (excludes halogenated alkanes) is 4. The van der Waals surface area contributed by atoms with Crippen LogP contribution in [0.15, 0.2) is 42.5 Å². The van der Waals surface area contributed by atoms with Crippen molar-refractivity contribution < 1.29 is 0 Å². The van der Waals surface area contributed by atoms with Gasteiger partial charge in [-0.3, -0.25) is 0 Å². The Kier molecular flexibility index (Phi) is 11.7. The maximum atomic E-state index is 2.52. The maximum Gasteiger partial charge on any atom is -0.0279 e. The first-order chi connectivity index (χ1) is 14.1. The van der Waals surface area contributed by atoms with E-state index in [1.807, 2.05) is 0 Å². The lowest BCUT2D eigenvalue weighted by molar-refractivity contribution is 0.259. The molecule has 0 nitrogen and oxygen atoms in total. The second-order valence-electron chi connectivity index (χ2n) is 10.1. The van der Waals surface area contributed by atoms with E-state index >= 15 is 0 Å². The molecule has 29 heavy (non-hydrogen) atoms. The lowest BCUT2D eigenvalue weighted by Crippen LogP contribution is -2.16. The number of benzene rings is 1. The minimum absolute atomic E-state index is 0.899. The van der Waals surface area contributed by atoms with Crippen LogP contribution in [0.25, 0.3) is 0 Å². The van der Waals surface area contributed by atoms with Crippen molar-refractivity contribution in [3.05, 3.63) is 48.0 Å². The zero-order valence-corrected chi connectivity index (χ0v) is 19.9. The quantitative estimate of drug-likeness (QED) is 0.217. The molecule has 0 saturated heterocycles. The zero-order chi connectivity index (χ0) is 20.9. The number of aryl methyl sites for hydroxylation is 1. The van der Waals surface area contributed by atoms with E-state index in [2.05, 4.69) is 70.2 Å². The molecular weight excluding hydrogens is 348 g/mol. The molecule has 164 valence electrons. The monoisotopic (exact) mass is 396 g/mol. The Morgan fingerprint density at radius 2 is 1.66 bits per heavy atom. The van der Waals surface area contributed by atoms with Crippen molar-refractivity contribution in [2.75, 3.05) is 0 Å². The molecule has 0 amide bonds. The Morgan fingerprint density at radius 3 is 2.41 bits per heavy atom. The standard InChI is InChI=1S/C29H48/c1-5-6-7-8-15-20-28-25(3)23-26(4)29(28)22-21-24(2)16-11-9-12-17-27-18-13-10-14-19-27/h8,10,13-15,18-19,24-26,28-29H,5-7,9,11-12,16-17,20-23H2,1-4H3/b15-8-/t24-,25-,26+,28-,29-/m0/s1. The van der Waals surface area contributed by atoms with Crippen molar-refractivity contribution in [3.8, 4) is 0 Å². The van der Waals surface area contributed by atoms with Gasteiger partial charge in [0.1, 0.15) is 0 Å². The number of hydrogen-bond acceptors (Lipinski definition) is 0. The summed E-state index contributed by atoms with van der Waals surface area (Å²) in [6.07, 6.45) is 21.4. The summed E-state index contributed by atoms with van der Waals surface area (Å²) in [5, 5.41) is 0. The van der Waals surface area contributed by atoms with Crippen molar-refractivity contribution in [2.24, 2.45) is 29.6 Å². The Morgan fingerprint density at radius 1 is 0.897 bits per heavy atom. The first kappa shape index (κ1) is 24.2. The summed E-state index contributed by atoms with van der Waals surface area (Å²) < 4.78 is 0. The summed E-state index contributed by atoms with van der Waals surface area (Å²) >= 11 is 0. The lowest BCUT2D eigenvalue weighted by atomic mass is 9.80. The van der Waals surface area contributed by atoms with Crippen LogP contribution in [-0.2, 0) is 6.42 Å². The van der Waals surface area contributed by atoms with Gasteiger partial charge >= 0.3 is 0 Å². The van der Waals surface area contributed by atoms with Gasteiger partial charge in [-0.25, -0.2) is 0 Å². The molecule has 0 aromatic heterocycles. The minimum atomic E-state index is 0.899. The molecule has 1 aromatic carbocycles. The molecule has 0 unspecified atom stereocenters. The molecule has 1 aromatic rings. The van der Waals surface area contributed by atoms with Gasteiger partial charge < -0.3 is 0 Å². The Labute approximate surface area is 182 Å². The summed E-state index contributed by atoms with van der Waals surface area (Å²) in [6, 6.07) is 11.0. The van der Waals surface area contributed by atoms with E-state index in [-0.39, 0.29) is 0 Å². The van der Waals surface area contributed by atoms with Gasteiger partial charge in [-0.15, -0.1) is 0 Å². The molecule has 1 aliphatic rings. The molecule has 0 heterocycles. The fourth-order valence-corrected chi connectivity index (χ4v) is 5.64. The van der Waals surface area contributed by atoms with E-state index in [4.69, 9.17) is 0 Å². The highest BCUT2D eigenvalue weighted by molar-refractivity contribution is 5.14. The van der Waals surface area contributed by atoms with E-state index in [0.717, 1.165) is 29.6 Å².